The summed E-state index contributed by atoms with van der Waals surface area (Å²) in [6.07, 6.45) is 3.51. The van der Waals surface area contributed by atoms with Crippen LogP contribution < -0.4 is 10.1 Å². The van der Waals surface area contributed by atoms with Crippen LogP contribution in [0.2, 0.25) is 5.54 Å². The predicted molar refractivity (Wildman–Crippen MR) is 131 cm³/mol. The van der Waals surface area contributed by atoms with E-state index in [-0.39, 0.29) is 29.8 Å². The van der Waals surface area contributed by atoms with Gasteiger partial charge < -0.3 is 25.0 Å². The fraction of sp³-hybridized carbons (Fsp3) is 0.560. The first-order valence-electron chi connectivity index (χ1n) is 11.7. The lowest BCUT2D eigenvalue weighted by Crippen LogP contribution is -2.48. The molecule has 2 heterocycles. The Hall–Kier alpha value is -1.49. The molecule has 0 saturated carbocycles. The van der Waals surface area contributed by atoms with Gasteiger partial charge in [0.1, 0.15) is 29.6 Å². The molecule has 0 amide bonds. The van der Waals surface area contributed by atoms with E-state index in [1.807, 2.05) is 6.92 Å². The standard InChI is InChI=1S/C25H30F2NO4SSi/c1-25-9-8-17(27)11-15(25)3-6-21(32-25)24(33)18(29)12-28-13-22(34)23(30)20-5-2-14-10-16(26)4-7-19(14)31-20/h4,7-8,10-11,18,20-23,28-30H,2-3,5-6,9,12-13H2,1H3/t18-,20-,21+,22?,23+,25?/m0/s1. The zero-order valence-electron chi connectivity index (χ0n) is 19.1. The van der Waals surface area contributed by atoms with Gasteiger partial charge in [-0.3, -0.25) is 0 Å². The van der Waals surface area contributed by atoms with Crippen molar-refractivity contribution in [1.29, 1.82) is 0 Å². The Balaban J connectivity index is 1.23. The smallest absolute Gasteiger partial charge is 0.125 e. The second-order valence-corrected chi connectivity index (χ2v) is 10.7. The topological polar surface area (TPSA) is 71.0 Å². The van der Waals surface area contributed by atoms with Gasteiger partial charge in [-0.05, 0) is 86.2 Å². The van der Waals surface area contributed by atoms with E-state index in [4.69, 9.17) is 21.7 Å². The van der Waals surface area contributed by atoms with E-state index in [9.17, 15) is 19.0 Å². The molecule has 2 unspecified atom stereocenters. The Kier molecular flexibility index (Phi) is 8.01. The van der Waals surface area contributed by atoms with Gasteiger partial charge in [0, 0.05) is 23.2 Å². The predicted octanol–water partition coefficient (Wildman–Crippen LogP) is 3.28. The van der Waals surface area contributed by atoms with Crippen LogP contribution in [0.15, 0.2) is 41.8 Å². The van der Waals surface area contributed by atoms with Crippen LogP contribution in [0.3, 0.4) is 0 Å². The number of rotatable bonds is 8. The number of aliphatic hydroxyl groups is 2. The molecule has 4 rings (SSSR count). The van der Waals surface area contributed by atoms with E-state index in [0.717, 1.165) is 11.1 Å². The van der Waals surface area contributed by atoms with Crippen molar-refractivity contribution in [2.75, 3.05) is 13.1 Å². The van der Waals surface area contributed by atoms with Crippen molar-refractivity contribution in [1.82, 2.24) is 5.32 Å². The number of aryl methyl sites for hydroxylation is 1. The van der Waals surface area contributed by atoms with Gasteiger partial charge >= 0.3 is 0 Å². The fourth-order valence-electron chi connectivity index (χ4n) is 4.81. The lowest BCUT2D eigenvalue weighted by Gasteiger charge is -2.42. The highest BCUT2D eigenvalue weighted by Crippen LogP contribution is 2.40. The molecule has 1 aromatic carbocycles. The van der Waals surface area contributed by atoms with Gasteiger partial charge in [0.2, 0.25) is 0 Å². The van der Waals surface area contributed by atoms with Crippen LogP contribution in [0.4, 0.5) is 8.78 Å². The van der Waals surface area contributed by atoms with Crippen molar-refractivity contribution in [2.24, 2.45) is 0 Å². The van der Waals surface area contributed by atoms with Crippen LogP contribution >= 0.6 is 12.2 Å². The molecule has 3 aliphatic rings. The molecule has 0 bridgehead atoms. The van der Waals surface area contributed by atoms with Crippen LogP contribution in [0.1, 0.15) is 38.2 Å². The SMILES string of the molecule is CC12CC=C(F)C=C1CC[C@H](C(=S)[C@@H](O)CNCC([Si])[C@H](O)[C@@H]1CCc3cc(F)ccc3O1)O2. The first-order chi connectivity index (χ1) is 16.2. The average Bonchev–Trinajstić information content (AvgIpc) is 2.82. The van der Waals surface area contributed by atoms with Crippen molar-refractivity contribution in [3.05, 3.63) is 53.1 Å². The molecule has 1 fully saturated rings. The van der Waals surface area contributed by atoms with Crippen LogP contribution in [0.5, 0.6) is 5.75 Å². The zero-order chi connectivity index (χ0) is 24.5. The third kappa shape index (κ3) is 5.66. The molecule has 1 saturated heterocycles. The second-order valence-electron chi connectivity index (χ2n) is 9.46. The van der Waals surface area contributed by atoms with Crippen LogP contribution in [-0.2, 0) is 11.2 Å². The second kappa shape index (κ2) is 10.6. The molecule has 3 radical (unpaired) electrons. The van der Waals surface area contributed by atoms with Gasteiger partial charge in [-0.1, -0.05) is 12.2 Å². The van der Waals surface area contributed by atoms with Gasteiger partial charge in [-0.2, -0.15) is 0 Å². The first kappa shape index (κ1) is 25.6. The number of aliphatic hydroxyl groups excluding tert-OH is 2. The number of benzene rings is 1. The molecule has 183 valence electrons. The molecule has 0 aromatic heterocycles. The fourth-order valence-corrected chi connectivity index (χ4v) is 5.42. The molecule has 2 aliphatic heterocycles. The number of halogens is 2. The molecule has 0 spiro atoms. The lowest BCUT2D eigenvalue weighted by atomic mass is 9.81. The van der Waals surface area contributed by atoms with E-state index in [2.05, 4.69) is 15.6 Å². The van der Waals surface area contributed by atoms with Crippen molar-refractivity contribution in [2.45, 2.75) is 74.6 Å². The molecule has 1 aliphatic carbocycles. The third-order valence-electron chi connectivity index (χ3n) is 6.90. The molecular weight excluding hydrogens is 476 g/mol. The molecule has 1 aromatic rings. The molecule has 6 atom stereocenters. The van der Waals surface area contributed by atoms with Gasteiger partial charge in [0.15, 0.2) is 0 Å². The average molecular weight is 507 g/mol. The number of nitrogens with one attached hydrogen (secondary N) is 1. The van der Waals surface area contributed by atoms with Crippen molar-refractivity contribution < 1.29 is 28.5 Å². The van der Waals surface area contributed by atoms with E-state index in [1.165, 1.54) is 24.3 Å². The molecular formula is C25H30F2NO4SSi. The van der Waals surface area contributed by atoms with E-state index in [1.54, 1.807) is 6.07 Å². The van der Waals surface area contributed by atoms with Crippen molar-refractivity contribution in [3.8, 4) is 5.75 Å². The molecule has 9 heteroatoms. The number of fused-ring (bicyclic) bond motifs is 2. The summed E-state index contributed by atoms with van der Waals surface area (Å²) in [5, 5.41) is 24.5. The monoisotopic (exact) mass is 506 g/mol. The Bertz CT molecular complexity index is 990. The maximum Gasteiger partial charge on any atom is 0.125 e. The minimum Gasteiger partial charge on any atom is -0.487 e. The number of thiocarbonyl (C=S) groups is 1. The Morgan fingerprint density at radius 2 is 2.06 bits per heavy atom. The highest BCUT2D eigenvalue weighted by atomic mass is 32.1. The highest BCUT2D eigenvalue weighted by molar-refractivity contribution is 7.80. The minimum absolute atomic E-state index is 0.216. The van der Waals surface area contributed by atoms with Gasteiger partial charge in [-0.15, -0.1) is 0 Å². The van der Waals surface area contributed by atoms with E-state index in [0.29, 0.717) is 49.3 Å². The van der Waals surface area contributed by atoms with Crippen molar-refractivity contribution >= 4 is 27.3 Å². The first-order valence-corrected chi connectivity index (χ1v) is 12.7. The number of allylic oxidation sites excluding steroid dienone is 2. The van der Waals surface area contributed by atoms with E-state index >= 15 is 0 Å². The minimum atomic E-state index is -0.895. The summed E-state index contributed by atoms with van der Waals surface area (Å²) in [7, 11) is 3.57. The number of hydrogen-bond donors (Lipinski definition) is 3. The maximum atomic E-state index is 13.6. The van der Waals surface area contributed by atoms with Crippen LogP contribution in [-0.4, -0.2) is 68.4 Å². The molecule has 34 heavy (non-hydrogen) atoms. The summed E-state index contributed by atoms with van der Waals surface area (Å²) >= 11 is 5.51. The third-order valence-corrected chi connectivity index (χ3v) is 7.98. The summed E-state index contributed by atoms with van der Waals surface area (Å²) in [5.74, 6) is 0.0678. The maximum absolute atomic E-state index is 13.6. The summed E-state index contributed by atoms with van der Waals surface area (Å²) in [6, 6.07) is 4.40. The summed E-state index contributed by atoms with van der Waals surface area (Å²) in [6.45, 7) is 2.53. The Morgan fingerprint density at radius 1 is 1.26 bits per heavy atom. The normalized spacial score (nSPS) is 29.0. The number of ether oxygens (including phenoxy) is 2. The van der Waals surface area contributed by atoms with Crippen LogP contribution in [0.25, 0.3) is 0 Å². The molecule has 5 nitrogen and oxygen atoms in total. The number of hydrogen-bond acceptors (Lipinski definition) is 6. The van der Waals surface area contributed by atoms with Gasteiger partial charge in [0.05, 0.1) is 22.7 Å². The summed E-state index contributed by atoms with van der Waals surface area (Å²) < 4.78 is 39.0. The quantitative estimate of drug-likeness (QED) is 0.371. The van der Waals surface area contributed by atoms with Crippen molar-refractivity contribution in [3.63, 3.8) is 0 Å². The Morgan fingerprint density at radius 3 is 2.85 bits per heavy atom. The van der Waals surface area contributed by atoms with Gasteiger partial charge in [-0.25, -0.2) is 8.78 Å². The summed E-state index contributed by atoms with van der Waals surface area (Å²) in [4.78, 5) is 0.424. The van der Waals surface area contributed by atoms with E-state index < -0.39 is 23.9 Å². The van der Waals surface area contributed by atoms with Gasteiger partial charge in [0.25, 0.3) is 0 Å². The summed E-state index contributed by atoms with van der Waals surface area (Å²) in [5.41, 5.74) is 0.812. The van der Waals surface area contributed by atoms with Crippen LogP contribution in [0, 0.1) is 5.82 Å². The largest absolute Gasteiger partial charge is 0.487 e. The highest BCUT2D eigenvalue weighted by Gasteiger charge is 2.40. The lowest BCUT2D eigenvalue weighted by molar-refractivity contribution is -0.0549. The zero-order valence-corrected chi connectivity index (χ0v) is 20.9. The molecule has 3 N–H and O–H groups in total. The Labute approximate surface area is 207 Å².